The Kier molecular flexibility index (Phi) is 13.0. The van der Waals surface area contributed by atoms with E-state index in [0.29, 0.717) is 42.2 Å². The third kappa shape index (κ3) is 7.90. The van der Waals surface area contributed by atoms with Crippen LogP contribution in [-0.4, -0.2) is 12.2 Å². The van der Waals surface area contributed by atoms with Gasteiger partial charge in [-0.05, 0) is 5.92 Å². The Morgan fingerprint density at radius 3 is 1.89 bits per heavy atom. The van der Waals surface area contributed by atoms with Gasteiger partial charge in [0.1, 0.15) is 0 Å². The third-order valence-corrected chi connectivity index (χ3v) is 3.32. The Balaban J connectivity index is 0. The molecule has 0 aliphatic heterocycles. The Morgan fingerprint density at radius 2 is 1.58 bits per heavy atom. The maximum atomic E-state index is 8.28. The standard InChI is InChI=1S/C15H25.CH4O.O.Os/c1-10(2)13-7-14(11(3)4)9-15(8-13)12(5)6;1-2;;/h7,10-12,15H,8H2,1-6H3;2H,1H3;;/q-1;;;. The van der Waals surface area contributed by atoms with Crippen LogP contribution in [0.25, 0.3) is 0 Å². The van der Waals surface area contributed by atoms with Crippen molar-refractivity contribution in [3.63, 3.8) is 0 Å². The number of hydrogen-bond donors (Lipinski definition) is 1. The van der Waals surface area contributed by atoms with Crippen LogP contribution in [0, 0.1) is 29.7 Å². The molecule has 2 nitrogen and oxygen atoms in total. The summed E-state index contributed by atoms with van der Waals surface area (Å²) >= 11 is 0.611. The second-order valence-electron chi connectivity index (χ2n) is 5.68. The quantitative estimate of drug-likeness (QED) is 0.667. The van der Waals surface area contributed by atoms with Gasteiger partial charge in [-0.3, -0.25) is 6.08 Å². The van der Waals surface area contributed by atoms with E-state index in [4.69, 9.17) is 8.65 Å². The Labute approximate surface area is 129 Å². The van der Waals surface area contributed by atoms with Crippen molar-refractivity contribution < 1.29 is 27.2 Å². The van der Waals surface area contributed by atoms with Crippen LogP contribution < -0.4 is 0 Å². The average molecular weight is 444 g/mol. The number of allylic oxidation sites excluding steroid dienone is 4. The number of rotatable bonds is 3. The van der Waals surface area contributed by atoms with Crippen LogP contribution in [0.3, 0.4) is 0 Å². The van der Waals surface area contributed by atoms with Crippen molar-refractivity contribution in [2.75, 3.05) is 7.11 Å². The summed E-state index contributed by atoms with van der Waals surface area (Å²) in [4.78, 5) is 0. The molecule has 1 aliphatic carbocycles. The molecule has 3 heteroatoms. The van der Waals surface area contributed by atoms with E-state index in [9.17, 15) is 0 Å². The molecule has 1 aliphatic rings. The van der Waals surface area contributed by atoms with Crippen molar-refractivity contribution in [2.24, 2.45) is 23.7 Å². The van der Waals surface area contributed by atoms with Crippen molar-refractivity contribution in [1.82, 2.24) is 0 Å². The van der Waals surface area contributed by atoms with E-state index in [0.717, 1.165) is 7.11 Å². The summed E-state index contributed by atoms with van der Waals surface area (Å²) in [5.74, 6) is 2.63. The molecule has 19 heavy (non-hydrogen) atoms. The first-order valence-electron chi connectivity index (χ1n) is 6.84. The zero-order valence-electron chi connectivity index (χ0n) is 13.3. The zero-order valence-corrected chi connectivity index (χ0v) is 15.8. The molecular formula is C16H29O2Os-. The van der Waals surface area contributed by atoms with Gasteiger partial charge in [0.25, 0.3) is 0 Å². The fraction of sp³-hybridized carbons (Fsp3) is 0.750. The second-order valence-corrected chi connectivity index (χ2v) is 5.68. The molecule has 0 aromatic carbocycles. The van der Waals surface area contributed by atoms with E-state index < -0.39 is 0 Å². The molecule has 1 unspecified atom stereocenters. The summed E-state index contributed by atoms with van der Waals surface area (Å²) in [6, 6.07) is 0. The minimum absolute atomic E-state index is 0.611. The Bertz CT molecular complexity index is 291. The third-order valence-electron chi connectivity index (χ3n) is 3.32. The molecular weight excluding hydrogens is 414 g/mol. The van der Waals surface area contributed by atoms with E-state index in [1.165, 1.54) is 12.0 Å². The van der Waals surface area contributed by atoms with Crippen molar-refractivity contribution >= 4 is 0 Å². The van der Waals surface area contributed by atoms with E-state index in [-0.39, 0.29) is 0 Å². The summed E-state index contributed by atoms with van der Waals surface area (Å²) in [6.45, 7) is 13.7. The van der Waals surface area contributed by atoms with Gasteiger partial charge in [-0.1, -0.05) is 65.7 Å². The SMILES string of the molecule is CC(C)C1=[C-]C(C(C)C)CC(C(C)C)=C1.CO.[O]=[Os]. The van der Waals surface area contributed by atoms with Crippen molar-refractivity contribution in [3.8, 4) is 0 Å². The van der Waals surface area contributed by atoms with Gasteiger partial charge in [-0.15, -0.1) is 5.57 Å². The molecule has 0 saturated heterocycles. The van der Waals surface area contributed by atoms with Crippen molar-refractivity contribution in [1.29, 1.82) is 0 Å². The molecule has 0 radical (unpaired) electrons. The number of hydrogen-bond acceptors (Lipinski definition) is 2. The molecule has 0 amide bonds. The van der Waals surface area contributed by atoms with Crippen molar-refractivity contribution in [2.45, 2.75) is 48.0 Å². The number of aliphatic hydroxyl groups is 1. The molecule has 0 aromatic rings. The van der Waals surface area contributed by atoms with Gasteiger partial charge < -0.3 is 5.11 Å². The van der Waals surface area contributed by atoms with Crippen LogP contribution in [0.5, 0.6) is 0 Å². The second kappa shape index (κ2) is 11.7. The van der Waals surface area contributed by atoms with E-state index in [1.54, 1.807) is 5.57 Å². The first-order chi connectivity index (χ1) is 8.91. The van der Waals surface area contributed by atoms with Gasteiger partial charge in [0.15, 0.2) is 0 Å². The van der Waals surface area contributed by atoms with Crippen LogP contribution in [-0.2, 0) is 22.1 Å². The number of aliphatic hydroxyl groups excluding tert-OH is 1. The van der Waals surface area contributed by atoms with Crippen LogP contribution in [0.2, 0.25) is 0 Å². The molecule has 0 spiro atoms. The fourth-order valence-corrected chi connectivity index (χ4v) is 1.96. The normalized spacial score (nSPS) is 18.2. The van der Waals surface area contributed by atoms with E-state index in [1.807, 2.05) is 0 Å². The van der Waals surface area contributed by atoms with Crippen LogP contribution in [0.4, 0.5) is 0 Å². The molecule has 1 atom stereocenters. The molecule has 0 aromatic heterocycles. The summed E-state index contributed by atoms with van der Waals surface area (Å²) in [5, 5.41) is 7.00. The van der Waals surface area contributed by atoms with Gasteiger partial charge in [0.2, 0.25) is 0 Å². The molecule has 1 rings (SSSR count). The molecule has 0 bridgehead atoms. The first-order valence-corrected chi connectivity index (χ1v) is 7.88. The zero-order chi connectivity index (χ0) is 15.6. The molecule has 0 fully saturated rings. The summed E-state index contributed by atoms with van der Waals surface area (Å²) in [7, 11) is 1.00. The molecule has 114 valence electrons. The topological polar surface area (TPSA) is 37.3 Å². The van der Waals surface area contributed by atoms with Gasteiger partial charge >= 0.3 is 22.1 Å². The van der Waals surface area contributed by atoms with E-state index >= 15 is 0 Å². The average Bonchev–Trinajstić information content (AvgIpc) is 2.42. The summed E-state index contributed by atoms with van der Waals surface area (Å²) < 4.78 is 8.28. The Hall–Kier alpha value is -0.124. The van der Waals surface area contributed by atoms with Crippen LogP contribution in [0.1, 0.15) is 48.0 Å². The molecule has 0 heterocycles. The molecule has 1 N–H and O–H groups in total. The predicted molar refractivity (Wildman–Crippen MR) is 76.3 cm³/mol. The summed E-state index contributed by atoms with van der Waals surface area (Å²) in [5.41, 5.74) is 3.03. The van der Waals surface area contributed by atoms with Gasteiger partial charge in [0.05, 0.1) is 0 Å². The van der Waals surface area contributed by atoms with Gasteiger partial charge in [-0.25, -0.2) is 11.6 Å². The minimum atomic E-state index is 0.611. The first kappa shape index (κ1) is 21.2. The predicted octanol–water partition coefficient (Wildman–Crippen LogP) is 4.12. The van der Waals surface area contributed by atoms with Crippen LogP contribution in [0.15, 0.2) is 17.2 Å². The van der Waals surface area contributed by atoms with E-state index in [2.05, 4.69) is 53.7 Å². The maximum absolute atomic E-state index is 8.28. The van der Waals surface area contributed by atoms with Gasteiger partial charge in [0, 0.05) is 7.11 Å². The monoisotopic (exact) mass is 445 g/mol. The fourth-order valence-electron chi connectivity index (χ4n) is 1.96. The summed E-state index contributed by atoms with van der Waals surface area (Å²) in [6.07, 6.45) is 7.27. The Morgan fingerprint density at radius 1 is 1.11 bits per heavy atom. The van der Waals surface area contributed by atoms with Crippen molar-refractivity contribution in [3.05, 3.63) is 23.3 Å². The molecule has 0 saturated carbocycles. The van der Waals surface area contributed by atoms with Crippen LogP contribution >= 0.6 is 0 Å². The van der Waals surface area contributed by atoms with Gasteiger partial charge in [-0.2, -0.15) is 0 Å².